The molecule has 4 heteroatoms. The molecule has 0 aliphatic carbocycles. The van der Waals surface area contributed by atoms with Crippen LogP contribution in [-0.4, -0.2) is 28.6 Å². The summed E-state index contributed by atoms with van der Waals surface area (Å²) in [6, 6.07) is 3.43. The molecule has 2 heterocycles. The average molecular weight is 234 g/mol. The molecule has 0 bridgehead atoms. The zero-order valence-corrected chi connectivity index (χ0v) is 10.3. The van der Waals surface area contributed by atoms with Gasteiger partial charge in [0.1, 0.15) is 6.04 Å². The summed E-state index contributed by atoms with van der Waals surface area (Å²) in [6.45, 7) is 4.75. The number of hydrogen-bond acceptors (Lipinski definition) is 3. The molecule has 2 unspecified atom stereocenters. The minimum atomic E-state index is -0.730. The maximum atomic E-state index is 11.4. The predicted octanol–water partition coefficient (Wildman–Crippen LogP) is 2.08. The van der Waals surface area contributed by atoms with E-state index in [0.717, 1.165) is 30.8 Å². The van der Waals surface area contributed by atoms with E-state index in [2.05, 4.69) is 4.98 Å². The van der Waals surface area contributed by atoms with E-state index >= 15 is 0 Å². The summed E-state index contributed by atoms with van der Waals surface area (Å²) >= 11 is 0. The molecule has 1 fully saturated rings. The number of aliphatic carboxylic acids is 1. The van der Waals surface area contributed by atoms with Gasteiger partial charge < -0.3 is 10.0 Å². The van der Waals surface area contributed by atoms with Gasteiger partial charge in [-0.15, -0.1) is 0 Å². The molecular weight excluding hydrogens is 216 g/mol. The van der Waals surface area contributed by atoms with E-state index in [1.165, 1.54) is 0 Å². The van der Waals surface area contributed by atoms with Gasteiger partial charge in [-0.2, -0.15) is 0 Å². The van der Waals surface area contributed by atoms with Crippen molar-refractivity contribution in [3.63, 3.8) is 0 Å². The third-order valence-corrected chi connectivity index (χ3v) is 3.40. The lowest BCUT2D eigenvalue weighted by molar-refractivity contribution is -0.140. The molecule has 0 spiro atoms. The summed E-state index contributed by atoms with van der Waals surface area (Å²) in [7, 11) is 0. The van der Waals surface area contributed by atoms with Gasteiger partial charge in [0.15, 0.2) is 0 Å². The second-order valence-corrected chi connectivity index (χ2v) is 4.75. The normalized spacial score (nSPS) is 24.7. The van der Waals surface area contributed by atoms with E-state index in [9.17, 15) is 9.90 Å². The number of carboxylic acids is 1. The summed E-state index contributed by atoms with van der Waals surface area (Å²) in [6.07, 6.45) is 3.77. The largest absolute Gasteiger partial charge is 0.480 e. The minimum Gasteiger partial charge on any atom is -0.480 e. The Bertz CT molecular complexity index is 420. The van der Waals surface area contributed by atoms with Crippen molar-refractivity contribution < 1.29 is 9.90 Å². The molecule has 0 radical (unpaired) electrons. The number of aryl methyl sites for hydroxylation is 1. The quantitative estimate of drug-likeness (QED) is 0.851. The lowest BCUT2D eigenvalue weighted by Gasteiger charge is -2.39. The van der Waals surface area contributed by atoms with Crippen LogP contribution in [0.1, 0.15) is 25.5 Å². The average Bonchev–Trinajstić information content (AvgIpc) is 2.28. The lowest BCUT2D eigenvalue weighted by Crippen LogP contribution is -2.49. The van der Waals surface area contributed by atoms with E-state index < -0.39 is 12.0 Å². The molecular formula is C13H18N2O2. The van der Waals surface area contributed by atoms with Gasteiger partial charge in [-0.05, 0) is 37.8 Å². The number of piperidine rings is 1. The second-order valence-electron chi connectivity index (χ2n) is 4.75. The van der Waals surface area contributed by atoms with Crippen molar-refractivity contribution in [1.29, 1.82) is 0 Å². The highest BCUT2D eigenvalue weighted by molar-refractivity contribution is 5.79. The Kier molecular flexibility index (Phi) is 3.31. The van der Waals surface area contributed by atoms with Crippen LogP contribution in [0.4, 0.5) is 5.69 Å². The number of pyridine rings is 1. The molecule has 0 saturated carbocycles. The fraction of sp³-hybridized carbons (Fsp3) is 0.538. The van der Waals surface area contributed by atoms with Crippen LogP contribution in [0.3, 0.4) is 0 Å². The van der Waals surface area contributed by atoms with Gasteiger partial charge in [0.2, 0.25) is 0 Å². The molecule has 1 N–H and O–H groups in total. The zero-order valence-electron chi connectivity index (χ0n) is 10.3. The summed E-state index contributed by atoms with van der Waals surface area (Å²) < 4.78 is 0. The fourth-order valence-electron chi connectivity index (χ4n) is 2.56. The monoisotopic (exact) mass is 234 g/mol. The zero-order chi connectivity index (χ0) is 12.4. The highest BCUT2D eigenvalue weighted by atomic mass is 16.4. The first kappa shape index (κ1) is 11.9. The van der Waals surface area contributed by atoms with Crippen molar-refractivity contribution in [3.05, 3.63) is 24.0 Å². The molecule has 0 aromatic carbocycles. The van der Waals surface area contributed by atoms with Gasteiger partial charge in [0, 0.05) is 24.1 Å². The van der Waals surface area contributed by atoms with E-state index in [0.29, 0.717) is 0 Å². The van der Waals surface area contributed by atoms with Gasteiger partial charge in [0.05, 0.1) is 0 Å². The molecule has 17 heavy (non-hydrogen) atoms. The number of rotatable bonds is 2. The summed E-state index contributed by atoms with van der Waals surface area (Å²) in [5.41, 5.74) is 1.89. The first-order chi connectivity index (χ1) is 8.09. The van der Waals surface area contributed by atoms with E-state index in [1.54, 1.807) is 6.20 Å². The number of carboxylic acid groups (broad SMARTS) is 1. The highest BCUT2D eigenvalue weighted by Crippen LogP contribution is 2.28. The molecule has 2 rings (SSSR count). The van der Waals surface area contributed by atoms with Gasteiger partial charge in [-0.1, -0.05) is 6.92 Å². The molecule has 1 aromatic rings. The van der Waals surface area contributed by atoms with E-state index in [-0.39, 0.29) is 5.92 Å². The van der Waals surface area contributed by atoms with Crippen LogP contribution < -0.4 is 4.90 Å². The van der Waals surface area contributed by atoms with Crippen LogP contribution in [0.15, 0.2) is 18.3 Å². The SMILES string of the molecule is Cc1cc(N2CCCC(C)C2C(=O)O)ccn1. The number of aromatic nitrogens is 1. The Morgan fingerprint density at radius 2 is 2.35 bits per heavy atom. The van der Waals surface area contributed by atoms with E-state index in [4.69, 9.17) is 0 Å². The van der Waals surface area contributed by atoms with Crippen molar-refractivity contribution in [2.75, 3.05) is 11.4 Å². The maximum absolute atomic E-state index is 11.4. The third kappa shape index (κ3) is 2.40. The van der Waals surface area contributed by atoms with Gasteiger partial charge in [-0.25, -0.2) is 4.79 Å². The van der Waals surface area contributed by atoms with E-state index in [1.807, 2.05) is 30.9 Å². The Labute approximate surface area is 101 Å². The standard InChI is InChI=1S/C13H18N2O2/c1-9-4-3-7-15(12(9)13(16)17)11-5-6-14-10(2)8-11/h5-6,8-9,12H,3-4,7H2,1-2H3,(H,16,17). The Hall–Kier alpha value is -1.58. The first-order valence-corrected chi connectivity index (χ1v) is 6.01. The van der Waals surface area contributed by atoms with Crippen molar-refractivity contribution in [2.24, 2.45) is 5.92 Å². The Morgan fingerprint density at radius 1 is 1.59 bits per heavy atom. The van der Waals surface area contributed by atoms with Gasteiger partial charge in [-0.3, -0.25) is 4.98 Å². The minimum absolute atomic E-state index is 0.190. The molecule has 1 saturated heterocycles. The fourth-order valence-corrected chi connectivity index (χ4v) is 2.56. The number of carbonyl (C=O) groups is 1. The Morgan fingerprint density at radius 3 is 3.00 bits per heavy atom. The Balaban J connectivity index is 2.31. The highest BCUT2D eigenvalue weighted by Gasteiger charge is 2.34. The van der Waals surface area contributed by atoms with Crippen LogP contribution in [-0.2, 0) is 4.79 Å². The van der Waals surface area contributed by atoms with Gasteiger partial charge in [0.25, 0.3) is 0 Å². The summed E-state index contributed by atoms with van der Waals surface area (Å²) in [5.74, 6) is -0.540. The molecule has 0 amide bonds. The molecule has 1 aliphatic heterocycles. The van der Waals surface area contributed by atoms with Crippen LogP contribution in [0, 0.1) is 12.8 Å². The maximum Gasteiger partial charge on any atom is 0.326 e. The van der Waals surface area contributed by atoms with Crippen LogP contribution >= 0.6 is 0 Å². The van der Waals surface area contributed by atoms with Crippen molar-refractivity contribution in [2.45, 2.75) is 32.7 Å². The van der Waals surface area contributed by atoms with Crippen molar-refractivity contribution in [1.82, 2.24) is 4.98 Å². The number of hydrogen-bond donors (Lipinski definition) is 1. The summed E-state index contributed by atoms with van der Waals surface area (Å²) in [5, 5.41) is 9.35. The molecule has 92 valence electrons. The topological polar surface area (TPSA) is 53.4 Å². The molecule has 2 atom stereocenters. The smallest absolute Gasteiger partial charge is 0.326 e. The number of anilines is 1. The number of nitrogens with zero attached hydrogens (tertiary/aromatic N) is 2. The molecule has 4 nitrogen and oxygen atoms in total. The lowest BCUT2D eigenvalue weighted by atomic mass is 9.90. The van der Waals surface area contributed by atoms with Crippen molar-refractivity contribution in [3.8, 4) is 0 Å². The molecule has 1 aliphatic rings. The van der Waals surface area contributed by atoms with Crippen LogP contribution in [0.25, 0.3) is 0 Å². The van der Waals surface area contributed by atoms with Crippen LogP contribution in [0.5, 0.6) is 0 Å². The molecule has 1 aromatic heterocycles. The van der Waals surface area contributed by atoms with Gasteiger partial charge >= 0.3 is 5.97 Å². The second kappa shape index (κ2) is 4.73. The van der Waals surface area contributed by atoms with Crippen molar-refractivity contribution >= 4 is 11.7 Å². The first-order valence-electron chi connectivity index (χ1n) is 6.01. The predicted molar refractivity (Wildman–Crippen MR) is 66.1 cm³/mol. The summed E-state index contributed by atoms with van der Waals surface area (Å²) in [4.78, 5) is 17.5. The third-order valence-electron chi connectivity index (χ3n) is 3.40. The van der Waals surface area contributed by atoms with Crippen LogP contribution in [0.2, 0.25) is 0 Å².